The first-order valence-electron chi connectivity index (χ1n) is 12.3. The van der Waals surface area contributed by atoms with Crippen molar-refractivity contribution in [1.29, 1.82) is 0 Å². The maximum Gasteiger partial charge on any atom is 0.239 e. The minimum Gasteiger partial charge on any atom is -0.392 e. The fourth-order valence-corrected chi connectivity index (χ4v) is 3.91. The molecule has 0 aliphatic heterocycles. The summed E-state index contributed by atoms with van der Waals surface area (Å²) < 4.78 is 38.9. The maximum absolute atomic E-state index is 13.6. The molecular formula is C26H37FN4O5S. The molecule has 9 nitrogen and oxygen atoms in total. The lowest BCUT2D eigenvalue weighted by Gasteiger charge is -2.20. The third-order valence-corrected chi connectivity index (χ3v) is 6.84. The highest BCUT2D eigenvalue weighted by atomic mass is 32.2. The van der Waals surface area contributed by atoms with Gasteiger partial charge in [0.15, 0.2) is 0 Å². The van der Waals surface area contributed by atoms with Gasteiger partial charge < -0.3 is 15.5 Å². The standard InChI is InChI=1S/C26H37FN4O5S/c1-6-7-14-28-23(34)16-21(33)15-20(32)12-13-22-24(17(2)3)29-26(31(4)37(5,35)36)30-25(22)18-8-10-19(27)11-9-18/h8-13,17,20-21,32-33H,6-7,14-16H2,1-5H3,(H,28,34)/b13-12+/t20-,21-/m1/s1. The molecule has 0 aliphatic carbocycles. The summed E-state index contributed by atoms with van der Waals surface area (Å²) in [6, 6.07) is 5.61. The first kappa shape index (κ1) is 30.3. The fraction of sp³-hybridized carbons (Fsp3) is 0.500. The zero-order chi connectivity index (χ0) is 27.8. The van der Waals surface area contributed by atoms with Crippen molar-refractivity contribution in [1.82, 2.24) is 15.3 Å². The number of sulfonamides is 1. The summed E-state index contributed by atoms with van der Waals surface area (Å²) in [5, 5.41) is 23.5. The third kappa shape index (κ3) is 9.17. The first-order valence-corrected chi connectivity index (χ1v) is 14.1. The molecule has 11 heteroatoms. The molecule has 1 heterocycles. The van der Waals surface area contributed by atoms with E-state index >= 15 is 0 Å². The van der Waals surface area contributed by atoms with Gasteiger partial charge in [-0.05, 0) is 36.6 Å². The van der Waals surface area contributed by atoms with Gasteiger partial charge in [0, 0.05) is 31.1 Å². The molecule has 37 heavy (non-hydrogen) atoms. The monoisotopic (exact) mass is 536 g/mol. The molecule has 0 fully saturated rings. The minimum atomic E-state index is -3.64. The second-order valence-electron chi connectivity index (χ2n) is 9.29. The number of hydrogen-bond acceptors (Lipinski definition) is 7. The molecule has 2 atom stereocenters. The number of carbonyl (C=O) groups is 1. The van der Waals surface area contributed by atoms with Crippen molar-refractivity contribution in [2.45, 2.75) is 64.6 Å². The summed E-state index contributed by atoms with van der Waals surface area (Å²) in [6.45, 7) is 6.32. The summed E-state index contributed by atoms with van der Waals surface area (Å²) in [5.74, 6) is -0.900. The van der Waals surface area contributed by atoms with Gasteiger partial charge in [-0.3, -0.25) is 4.79 Å². The normalized spacial score (nSPS) is 13.6. The number of nitrogens with zero attached hydrogens (tertiary/aromatic N) is 3. The number of unbranched alkanes of at least 4 members (excludes halogenated alkanes) is 1. The van der Waals surface area contributed by atoms with Gasteiger partial charge in [0.2, 0.25) is 21.9 Å². The van der Waals surface area contributed by atoms with Crippen molar-refractivity contribution in [3.05, 3.63) is 47.4 Å². The first-order chi connectivity index (χ1) is 17.3. The van der Waals surface area contributed by atoms with E-state index in [1.165, 1.54) is 37.4 Å². The van der Waals surface area contributed by atoms with E-state index in [9.17, 15) is 27.8 Å². The Morgan fingerprint density at radius 3 is 2.41 bits per heavy atom. The number of carbonyl (C=O) groups excluding carboxylic acids is 1. The van der Waals surface area contributed by atoms with Crippen molar-refractivity contribution in [3.8, 4) is 11.3 Å². The molecule has 0 aliphatic rings. The fourth-order valence-electron chi connectivity index (χ4n) is 3.53. The Morgan fingerprint density at radius 2 is 1.84 bits per heavy atom. The molecule has 2 rings (SSSR count). The van der Waals surface area contributed by atoms with E-state index in [2.05, 4.69) is 15.3 Å². The van der Waals surface area contributed by atoms with Gasteiger partial charge in [-0.25, -0.2) is 27.1 Å². The molecule has 0 saturated carbocycles. The smallest absolute Gasteiger partial charge is 0.239 e. The molecule has 0 bridgehead atoms. The topological polar surface area (TPSA) is 133 Å². The molecule has 3 N–H and O–H groups in total. The van der Waals surface area contributed by atoms with E-state index in [0.29, 0.717) is 29.1 Å². The zero-order valence-corrected chi connectivity index (χ0v) is 22.8. The Bertz CT molecular complexity index is 1190. The summed E-state index contributed by atoms with van der Waals surface area (Å²) >= 11 is 0. The lowest BCUT2D eigenvalue weighted by atomic mass is 9.97. The van der Waals surface area contributed by atoms with Crippen LogP contribution in [0.3, 0.4) is 0 Å². The number of rotatable bonds is 13. The predicted octanol–water partition coefficient (Wildman–Crippen LogP) is 3.23. The van der Waals surface area contributed by atoms with Crippen molar-refractivity contribution in [3.63, 3.8) is 0 Å². The molecule has 0 saturated heterocycles. The van der Waals surface area contributed by atoms with Gasteiger partial charge in [0.25, 0.3) is 0 Å². The van der Waals surface area contributed by atoms with E-state index in [1.807, 2.05) is 20.8 Å². The molecule has 0 spiro atoms. The lowest BCUT2D eigenvalue weighted by Crippen LogP contribution is -2.29. The number of benzene rings is 1. The minimum absolute atomic E-state index is 0.0345. The van der Waals surface area contributed by atoms with Crippen molar-refractivity contribution >= 4 is 28.0 Å². The average Bonchev–Trinajstić information content (AvgIpc) is 2.81. The number of amides is 1. The highest BCUT2D eigenvalue weighted by Crippen LogP contribution is 2.31. The van der Waals surface area contributed by atoms with Crippen molar-refractivity contribution < 1.29 is 27.8 Å². The average molecular weight is 537 g/mol. The Labute approximate surface area is 218 Å². The van der Waals surface area contributed by atoms with Crippen LogP contribution in [-0.4, -0.2) is 66.6 Å². The number of nitrogens with one attached hydrogen (secondary N) is 1. The Hall–Kier alpha value is -2.89. The van der Waals surface area contributed by atoms with Crippen LogP contribution >= 0.6 is 0 Å². The summed E-state index contributed by atoms with van der Waals surface area (Å²) in [7, 11) is -2.29. The van der Waals surface area contributed by atoms with E-state index < -0.39 is 28.0 Å². The van der Waals surface area contributed by atoms with Gasteiger partial charge >= 0.3 is 0 Å². The molecule has 1 aromatic heterocycles. The number of aliphatic hydroxyl groups excluding tert-OH is 2. The van der Waals surface area contributed by atoms with E-state index in [-0.39, 0.29) is 30.6 Å². The van der Waals surface area contributed by atoms with Crippen LogP contribution in [0.15, 0.2) is 30.3 Å². The van der Waals surface area contributed by atoms with Gasteiger partial charge in [-0.1, -0.05) is 39.3 Å². The third-order valence-electron chi connectivity index (χ3n) is 5.68. The summed E-state index contributed by atoms with van der Waals surface area (Å²) in [5.41, 5.74) is 1.95. The van der Waals surface area contributed by atoms with Crippen LogP contribution in [-0.2, 0) is 14.8 Å². The zero-order valence-electron chi connectivity index (χ0n) is 22.0. The molecule has 1 aromatic carbocycles. The Balaban J connectivity index is 2.40. The van der Waals surface area contributed by atoms with Gasteiger partial charge in [-0.15, -0.1) is 0 Å². The molecule has 2 aromatic rings. The Kier molecular flexibility index (Phi) is 11.1. The number of anilines is 1. The molecule has 0 radical (unpaired) electrons. The largest absolute Gasteiger partial charge is 0.392 e. The predicted molar refractivity (Wildman–Crippen MR) is 143 cm³/mol. The molecular weight excluding hydrogens is 499 g/mol. The van der Waals surface area contributed by atoms with Crippen LogP contribution in [0.5, 0.6) is 0 Å². The molecule has 1 amide bonds. The van der Waals surface area contributed by atoms with Gasteiger partial charge in [-0.2, -0.15) is 0 Å². The highest BCUT2D eigenvalue weighted by Gasteiger charge is 2.22. The summed E-state index contributed by atoms with van der Waals surface area (Å²) in [6.07, 6.45) is 3.62. The van der Waals surface area contributed by atoms with E-state index in [4.69, 9.17) is 0 Å². The lowest BCUT2D eigenvalue weighted by molar-refractivity contribution is -0.123. The maximum atomic E-state index is 13.6. The number of aromatic nitrogens is 2. The van der Waals surface area contributed by atoms with Crippen molar-refractivity contribution in [2.75, 3.05) is 24.2 Å². The highest BCUT2D eigenvalue weighted by molar-refractivity contribution is 7.92. The second-order valence-corrected chi connectivity index (χ2v) is 11.3. The van der Waals surface area contributed by atoms with Gasteiger partial charge in [0.05, 0.1) is 36.3 Å². The van der Waals surface area contributed by atoms with Gasteiger partial charge in [0.1, 0.15) is 5.82 Å². The SMILES string of the molecule is CCCCNC(=O)C[C@H](O)C[C@H](O)/C=C/c1c(-c2ccc(F)cc2)nc(N(C)S(C)(=O)=O)nc1C(C)C. The van der Waals surface area contributed by atoms with Crippen LogP contribution in [0.4, 0.5) is 10.3 Å². The van der Waals surface area contributed by atoms with Crippen LogP contribution in [0.1, 0.15) is 63.6 Å². The number of aliphatic hydroxyl groups is 2. The van der Waals surface area contributed by atoms with E-state index in [0.717, 1.165) is 23.4 Å². The van der Waals surface area contributed by atoms with Crippen LogP contribution in [0.2, 0.25) is 0 Å². The second kappa shape index (κ2) is 13.6. The number of hydrogen-bond donors (Lipinski definition) is 3. The molecule has 204 valence electrons. The van der Waals surface area contributed by atoms with Crippen LogP contribution in [0, 0.1) is 5.82 Å². The van der Waals surface area contributed by atoms with Crippen molar-refractivity contribution in [2.24, 2.45) is 0 Å². The molecule has 0 unspecified atom stereocenters. The summed E-state index contributed by atoms with van der Waals surface area (Å²) in [4.78, 5) is 20.9. The van der Waals surface area contributed by atoms with E-state index in [1.54, 1.807) is 6.08 Å². The Morgan fingerprint density at radius 1 is 1.19 bits per heavy atom. The van der Waals surface area contributed by atoms with Crippen LogP contribution < -0.4 is 9.62 Å². The quantitative estimate of drug-likeness (QED) is 0.335. The van der Waals surface area contributed by atoms with Crippen LogP contribution in [0.25, 0.3) is 17.3 Å². The number of halogens is 1.